The molecule has 5 heterocycles. The van der Waals surface area contributed by atoms with Crippen molar-refractivity contribution in [1.29, 1.82) is 0 Å². The highest BCUT2D eigenvalue weighted by atomic mass is 35.5. The standard InChI is InChI=1S/C32H31ClN8O3/c1-19(2)40-18-22(21-10-11-21)14-23(31(40)42)44-32-37-29-28(39(32)4)26(33)24(15-35-29)43-25-16-36-41-13-12-34-30(27(25)41)38(3)17-20-8-6-5-7-9-20/h5-9,12-16,18-19,21H,10-11,17H2,1-4H3. The molecule has 0 unspecified atom stereocenters. The van der Waals surface area contributed by atoms with E-state index < -0.39 is 0 Å². The van der Waals surface area contributed by atoms with Crippen LogP contribution in [-0.2, 0) is 13.6 Å². The minimum atomic E-state index is -0.214. The normalized spacial score (nSPS) is 13.2. The molecule has 0 aliphatic heterocycles. The van der Waals surface area contributed by atoms with Crippen LogP contribution in [0.1, 0.15) is 49.8 Å². The third kappa shape index (κ3) is 5.02. The Labute approximate surface area is 258 Å². The van der Waals surface area contributed by atoms with E-state index in [1.54, 1.807) is 39.3 Å². The van der Waals surface area contributed by atoms with Crippen LogP contribution in [0.2, 0.25) is 5.02 Å². The third-order valence-corrected chi connectivity index (χ3v) is 8.19. The van der Waals surface area contributed by atoms with Crippen LogP contribution in [0.5, 0.6) is 23.3 Å². The first kappa shape index (κ1) is 27.9. The maximum absolute atomic E-state index is 13.2. The maximum atomic E-state index is 13.2. The van der Waals surface area contributed by atoms with Crippen LogP contribution in [0.15, 0.2) is 72.2 Å². The number of nitrogens with zero attached hydrogens (tertiary/aromatic N) is 8. The number of hydrogen-bond donors (Lipinski definition) is 0. The second-order valence-electron chi connectivity index (χ2n) is 11.4. The maximum Gasteiger partial charge on any atom is 0.304 e. The number of ether oxygens (including phenoxy) is 2. The van der Waals surface area contributed by atoms with Crippen LogP contribution in [0.25, 0.3) is 16.7 Å². The third-order valence-electron chi connectivity index (χ3n) is 7.82. The van der Waals surface area contributed by atoms with Gasteiger partial charge in [0.05, 0.1) is 12.4 Å². The molecular weight excluding hydrogens is 580 g/mol. The summed E-state index contributed by atoms with van der Waals surface area (Å²) in [6, 6.07) is 12.2. The number of benzene rings is 1. The lowest BCUT2D eigenvalue weighted by atomic mass is 10.2. The largest absolute Gasteiger partial charge is 0.450 e. The van der Waals surface area contributed by atoms with Crippen molar-refractivity contribution in [3.8, 4) is 23.3 Å². The molecule has 0 atom stereocenters. The molecule has 224 valence electrons. The van der Waals surface area contributed by atoms with Gasteiger partial charge in [0.15, 0.2) is 34.2 Å². The topological polar surface area (TPSA) is 105 Å². The van der Waals surface area contributed by atoms with Gasteiger partial charge in [0.25, 0.3) is 5.56 Å². The Hall–Kier alpha value is -4.90. The average molecular weight is 611 g/mol. The molecule has 5 aromatic heterocycles. The van der Waals surface area contributed by atoms with Gasteiger partial charge in [-0.2, -0.15) is 10.1 Å². The van der Waals surface area contributed by atoms with Crippen LogP contribution >= 0.6 is 11.6 Å². The lowest BCUT2D eigenvalue weighted by Gasteiger charge is -2.19. The first-order valence-electron chi connectivity index (χ1n) is 14.5. The Morgan fingerprint density at radius 2 is 1.84 bits per heavy atom. The van der Waals surface area contributed by atoms with Crippen molar-refractivity contribution in [2.24, 2.45) is 7.05 Å². The predicted molar refractivity (Wildman–Crippen MR) is 168 cm³/mol. The van der Waals surface area contributed by atoms with Gasteiger partial charge in [0.2, 0.25) is 0 Å². The highest BCUT2D eigenvalue weighted by Gasteiger charge is 2.27. The summed E-state index contributed by atoms with van der Waals surface area (Å²) >= 11 is 6.91. The van der Waals surface area contributed by atoms with Crippen molar-refractivity contribution in [3.05, 3.63) is 93.9 Å². The number of aryl methyl sites for hydroxylation is 1. The number of rotatable bonds is 9. The number of imidazole rings is 1. The monoisotopic (exact) mass is 610 g/mol. The fourth-order valence-electron chi connectivity index (χ4n) is 5.35. The second kappa shape index (κ2) is 11.0. The number of pyridine rings is 2. The summed E-state index contributed by atoms with van der Waals surface area (Å²) in [5.41, 5.74) is 3.60. The smallest absolute Gasteiger partial charge is 0.304 e. The highest BCUT2D eigenvalue weighted by Crippen LogP contribution is 2.42. The van der Waals surface area contributed by atoms with Crippen molar-refractivity contribution in [2.75, 3.05) is 11.9 Å². The van der Waals surface area contributed by atoms with E-state index in [-0.39, 0.29) is 23.4 Å². The lowest BCUT2D eigenvalue weighted by Crippen LogP contribution is -2.23. The fourth-order valence-corrected chi connectivity index (χ4v) is 5.65. The van der Waals surface area contributed by atoms with Gasteiger partial charge in [-0.15, -0.1) is 0 Å². The summed E-state index contributed by atoms with van der Waals surface area (Å²) in [7, 11) is 3.74. The molecule has 0 saturated heterocycles. The molecule has 0 radical (unpaired) electrons. The molecule has 44 heavy (non-hydrogen) atoms. The number of halogens is 1. The lowest BCUT2D eigenvalue weighted by molar-refractivity contribution is 0.411. The molecule has 0 N–H and O–H groups in total. The second-order valence-corrected chi connectivity index (χ2v) is 11.8. The zero-order valence-corrected chi connectivity index (χ0v) is 25.6. The molecule has 1 saturated carbocycles. The van der Waals surface area contributed by atoms with Gasteiger partial charge in [-0.3, -0.25) is 9.36 Å². The first-order chi connectivity index (χ1) is 21.3. The molecule has 6 aromatic rings. The predicted octanol–water partition coefficient (Wildman–Crippen LogP) is 6.51. The molecular formula is C32H31ClN8O3. The molecule has 0 bridgehead atoms. The van der Waals surface area contributed by atoms with Crippen LogP contribution in [-0.4, -0.2) is 40.7 Å². The van der Waals surface area contributed by atoms with Gasteiger partial charge in [0.1, 0.15) is 10.5 Å². The summed E-state index contributed by atoms with van der Waals surface area (Å²) in [5.74, 6) is 2.17. The summed E-state index contributed by atoms with van der Waals surface area (Å²) in [4.78, 5) is 29.0. The Bertz CT molecular complexity index is 2060. The van der Waals surface area contributed by atoms with E-state index in [4.69, 9.17) is 21.1 Å². The van der Waals surface area contributed by atoms with Crippen molar-refractivity contribution >= 4 is 34.1 Å². The van der Waals surface area contributed by atoms with E-state index in [1.165, 1.54) is 6.20 Å². The van der Waals surface area contributed by atoms with Crippen LogP contribution in [0.4, 0.5) is 5.82 Å². The molecule has 1 aliphatic carbocycles. The van der Waals surface area contributed by atoms with Crippen molar-refractivity contribution < 1.29 is 9.47 Å². The number of hydrogen-bond acceptors (Lipinski definition) is 8. The highest BCUT2D eigenvalue weighted by molar-refractivity contribution is 6.36. The molecule has 1 aromatic carbocycles. The number of aromatic nitrogens is 7. The van der Waals surface area contributed by atoms with E-state index in [9.17, 15) is 4.79 Å². The molecule has 12 heteroatoms. The van der Waals surface area contributed by atoms with Gasteiger partial charge in [0, 0.05) is 45.3 Å². The average Bonchev–Trinajstić information content (AvgIpc) is 3.71. The van der Waals surface area contributed by atoms with E-state index >= 15 is 0 Å². The molecule has 1 aliphatic rings. The molecule has 11 nitrogen and oxygen atoms in total. The zero-order valence-electron chi connectivity index (χ0n) is 24.8. The zero-order chi connectivity index (χ0) is 30.5. The van der Waals surface area contributed by atoms with E-state index in [2.05, 4.69) is 32.2 Å². The van der Waals surface area contributed by atoms with Crippen molar-refractivity contribution in [3.63, 3.8) is 0 Å². The fraction of sp³-hybridized carbons (Fsp3) is 0.281. The quantitative estimate of drug-likeness (QED) is 0.183. The van der Waals surface area contributed by atoms with Crippen molar-refractivity contribution in [2.45, 2.75) is 45.2 Å². The Morgan fingerprint density at radius 3 is 2.59 bits per heavy atom. The number of fused-ring (bicyclic) bond motifs is 2. The minimum absolute atomic E-state index is 0.00595. The van der Waals surface area contributed by atoms with E-state index in [0.29, 0.717) is 51.5 Å². The SMILES string of the molecule is CC(C)n1cc(C2CC2)cc(Oc2nc3ncc(Oc4cnn5ccnc(N(C)Cc6ccccc6)c45)c(Cl)c3n2C)c1=O. The Morgan fingerprint density at radius 1 is 1.05 bits per heavy atom. The van der Waals surface area contributed by atoms with Crippen LogP contribution < -0.4 is 19.9 Å². The van der Waals surface area contributed by atoms with Crippen LogP contribution in [0, 0.1) is 0 Å². The van der Waals surface area contributed by atoms with Gasteiger partial charge < -0.3 is 18.9 Å². The molecule has 1 fully saturated rings. The van der Waals surface area contributed by atoms with Gasteiger partial charge in [-0.1, -0.05) is 41.9 Å². The Kier molecular flexibility index (Phi) is 6.97. The summed E-state index contributed by atoms with van der Waals surface area (Å²) in [5, 5.41) is 4.77. The summed E-state index contributed by atoms with van der Waals surface area (Å²) < 4.78 is 17.6. The molecule has 0 amide bonds. The molecule has 7 rings (SSSR count). The summed E-state index contributed by atoms with van der Waals surface area (Å²) in [6.45, 7) is 4.61. The number of anilines is 1. The van der Waals surface area contributed by atoms with Gasteiger partial charge >= 0.3 is 6.01 Å². The van der Waals surface area contributed by atoms with E-state index in [1.807, 2.05) is 56.3 Å². The summed E-state index contributed by atoms with van der Waals surface area (Å²) in [6.07, 6.45) is 10.8. The first-order valence-corrected chi connectivity index (χ1v) is 14.9. The Balaban J connectivity index is 1.22. The van der Waals surface area contributed by atoms with Gasteiger partial charge in [-0.25, -0.2) is 14.5 Å². The minimum Gasteiger partial charge on any atom is -0.450 e. The van der Waals surface area contributed by atoms with Crippen LogP contribution in [0.3, 0.4) is 0 Å². The van der Waals surface area contributed by atoms with Gasteiger partial charge in [-0.05, 0) is 49.8 Å². The van der Waals surface area contributed by atoms with E-state index in [0.717, 1.165) is 24.0 Å². The molecule has 0 spiro atoms. The van der Waals surface area contributed by atoms with Crippen molar-refractivity contribution in [1.82, 2.24) is 33.7 Å².